The van der Waals surface area contributed by atoms with E-state index >= 15 is 0 Å². The Hall–Kier alpha value is -2.70. The fourth-order valence-electron chi connectivity index (χ4n) is 2.67. The zero-order valence-electron chi connectivity index (χ0n) is 14.4. The Morgan fingerprint density at radius 2 is 1.88 bits per heavy atom. The van der Waals surface area contributed by atoms with Crippen LogP contribution in [0.5, 0.6) is 0 Å². The molecular weight excluding hydrogens is 324 g/mol. The van der Waals surface area contributed by atoms with Gasteiger partial charge < -0.3 is 10.4 Å². The second kappa shape index (κ2) is 7.92. The molecule has 0 spiro atoms. The number of hydrogen-bond donors (Lipinski definition) is 2. The van der Waals surface area contributed by atoms with Gasteiger partial charge in [0, 0.05) is 24.6 Å². The highest BCUT2D eigenvalue weighted by molar-refractivity contribution is 6.22. The molecule has 0 aliphatic carbocycles. The number of aliphatic carboxylic acids is 1. The van der Waals surface area contributed by atoms with Crippen LogP contribution in [-0.2, 0) is 4.79 Å². The molecule has 0 bridgehead atoms. The summed E-state index contributed by atoms with van der Waals surface area (Å²) in [7, 11) is 0. The zero-order chi connectivity index (χ0) is 18.6. The lowest BCUT2D eigenvalue weighted by Crippen LogP contribution is -2.33. The van der Waals surface area contributed by atoms with Crippen molar-refractivity contribution >= 4 is 23.7 Å². The molecule has 0 saturated carbocycles. The van der Waals surface area contributed by atoms with Gasteiger partial charge in [0.1, 0.15) is 0 Å². The van der Waals surface area contributed by atoms with Crippen LogP contribution < -0.4 is 5.32 Å². The van der Waals surface area contributed by atoms with E-state index in [0.29, 0.717) is 18.5 Å². The molecule has 3 amide bonds. The maximum atomic E-state index is 12.4. The molecular formula is C18H22N2O5. The Morgan fingerprint density at radius 3 is 2.52 bits per heavy atom. The monoisotopic (exact) mass is 346 g/mol. The van der Waals surface area contributed by atoms with Crippen LogP contribution in [0, 0.1) is 0 Å². The lowest BCUT2D eigenvalue weighted by molar-refractivity contribution is -0.137. The predicted molar refractivity (Wildman–Crippen MR) is 90.5 cm³/mol. The fourth-order valence-corrected chi connectivity index (χ4v) is 2.67. The van der Waals surface area contributed by atoms with Gasteiger partial charge in [0.25, 0.3) is 17.7 Å². The lowest BCUT2D eigenvalue weighted by atomic mass is 10.0. The number of carbonyl (C=O) groups is 4. The van der Waals surface area contributed by atoms with Gasteiger partial charge in [-0.2, -0.15) is 0 Å². The summed E-state index contributed by atoms with van der Waals surface area (Å²) in [5.74, 6) is -2.01. The third-order valence-electron chi connectivity index (χ3n) is 4.14. The zero-order valence-corrected chi connectivity index (χ0v) is 14.4. The Labute approximate surface area is 146 Å². The topological polar surface area (TPSA) is 104 Å². The number of amides is 3. The highest BCUT2D eigenvalue weighted by Gasteiger charge is 2.35. The molecule has 1 aromatic rings. The molecule has 0 radical (unpaired) electrons. The van der Waals surface area contributed by atoms with Crippen LogP contribution in [0.3, 0.4) is 0 Å². The van der Waals surface area contributed by atoms with Crippen LogP contribution in [-0.4, -0.2) is 46.3 Å². The summed E-state index contributed by atoms with van der Waals surface area (Å²) < 4.78 is 0. The third kappa shape index (κ3) is 4.23. The van der Waals surface area contributed by atoms with E-state index in [2.05, 4.69) is 5.32 Å². The smallest absolute Gasteiger partial charge is 0.303 e. The SMILES string of the molecule is CCCCN1C(=O)c2ccc(C(=O)NC(C)CCC(=O)O)cc2C1=O. The number of nitrogens with one attached hydrogen (secondary N) is 1. The first-order chi connectivity index (χ1) is 11.8. The summed E-state index contributed by atoms with van der Waals surface area (Å²) in [6.45, 7) is 4.07. The summed E-state index contributed by atoms with van der Waals surface area (Å²) in [5.41, 5.74) is 0.836. The third-order valence-corrected chi connectivity index (χ3v) is 4.14. The van der Waals surface area contributed by atoms with E-state index in [1.54, 1.807) is 6.92 Å². The first-order valence-corrected chi connectivity index (χ1v) is 8.38. The van der Waals surface area contributed by atoms with Crippen molar-refractivity contribution in [3.05, 3.63) is 34.9 Å². The maximum Gasteiger partial charge on any atom is 0.303 e. The molecule has 1 unspecified atom stereocenters. The first-order valence-electron chi connectivity index (χ1n) is 8.38. The first kappa shape index (κ1) is 18.6. The number of benzene rings is 1. The van der Waals surface area contributed by atoms with Crippen molar-refractivity contribution in [3.63, 3.8) is 0 Å². The van der Waals surface area contributed by atoms with Gasteiger partial charge in [-0.3, -0.25) is 24.1 Å². The summed E-state index contributed by atoms with van der Waals surface area (Å²) in [6.07, 6.45) is 1.88. The van der Waals surface area contributed by atoms with E-state index in [0.717, 1.165) is 12.8 Å². The number of fused-ring (bicyclic) bond motifs is 1. The molecule has 1 atom stereocenters. The molecule has 1 aliphatic heterocycles. The van der Waals surface area contributed by atoms with Gasteiger partial charge in [0.15, 0.2) is 0 Å². The van der Waals surface area contributed by atoms with Crippen molar-refractivity contribution in [2.24, 2.45) is 0 Å². The van der Waals surface area contributed by atoms with E-state index in [9.17, 15) is 19.2 Å². The minimum Gasteiger partial charge on any atom is -0.481 e. The van der Waals surface area contributed by atoms with Gasteiger partial charge in [0.05, 0.1) is 11.1 Å². The van der Waals surface area contributed by atoms with Crippen molar-refractivity contribution in [3.8, 4) is 0 Å². The summed E-state index contributed by atoms with van der Waals surface area (Å²) in [5, 5.41) is 11.4. The number of unbranched alkanes of at least 4 members (excludes halogenated alkanes) is 1. The standard InChI is InChI=1S/C18H22N2O5/c1-3-4-9-20-17(24)13-7-6-12(10-14(13)18(20)25)16(23)19-11(2)5-8-15(21)22/h6-7,10-11H,3-5,8-9H2,1-2H3,(H,19,23)(H,21,22). The molecule has 2 rings (SSSR count). The van der Waals surface area contributed by atoms with Crippen molar-refractivity contribution in [2.75, 3.05) is 6.54 Å². The minimum absolute atomic E-state index is 0.0367. The molecule has 1 aliphatic rings. The van der Waals surface area contributed by atoms with Crippen molar-refractivity contribution in [1.82, 2.24) is 10.2 Å². The average Bonchev–Trinajstić information content (AvgIpc) is 2.81. The number of rotatable bonds is 8. The predicted octanol–water partition coefficient (Wildman–Crippen LogP) is 2.07. The van der Waals surface area contributed by atoms with Crippen LogP contribution >= 0.6 is 0 Å². The number of carboxylic acids is 1. The van der Waals surface area contributed by atoms with Gasteiger partial charge in [-0.25, -0.2) is 0 Å². The van der Waals surface area contributed by atoms with Gasteiger partial charge in [-0.1, -0.05) is 13.3 Å². The van der Waals surface area contributed by atoms with Gasteiger partial charge in [-0.15, -0.1) is 0 Å². The Bertz CT molecular complexity index is 713. The average molecular weight is 346 g/mol. The van der Waals surface area contributed by atoms with E-state index in [1.165, 1.54) is 23.1 Å². The summed E-state index contributed by atoms with van der Waals surface area (Å²) in [4.78, 5) is 48.7. The number of carboxylic acid groups (broad SMARTS) is 1. The van der Waals surface area contributed by atoms with Crippen LogP contribution in [0.1, 0.15) is 70.6 Å². The van der Waals surface area contributed by atoms with Gasteiger partial charge in [-0.05, 0) is 38.0 Å². The van der Waals surface area contributed by atoms with Crippen molar-refractivity contribution < 1.29 is 24.3 Å². The van der Waals surface area contributed by atoms with Gasteiger partial charge >= 0.3 is 5.97 Å². The molecule has 25 heavy (non-hydrogen) atoms. The Morgan fingerprint density at radius 1 is 1.20 bits per heavy atom. The molecule has 134 valence electrons. The number of carbonyl (C=O) groups excluding carboxylic acids is 3. The molecule has 0 fully saturated rings. The molecule has 1 aromatic carbocycles. The van der Waals surface area contributed by atoms with Crippen LogP contribution in [0.15, 0.2) is 18.2 Å². The summed E-state index contributed by atoms with van der Waals surface area (Å²) >= 11 is 0. The minimum atomic E-state index is -0.921. The van der Waals surface area contributed by atoms with E-state index in [-0.39, 0.29) is 35.4 Å². The highest BCUT2D eigenvalue weighted by Crippen LogP contribution is 2.24. The number of nitrogens with zero attached hydrogens (tertiary/aromatic N) is 1. The number of imide groups is 1. The van der Waals surface area contributed by atoms with Crippen LogP contribution in [0.25, 0.3) is 0 Å². The molecule has 7 nitrogen and oxygen atoms in total. The maximum absolute atomic E-state index is 12.4. The van der Waals surface area contributed by atoms with E-state index in [1.807, 2.05) is 6.92 Å². The molecule has 7 heteroatoms. The lowest BCUT2D eigenvalue weighted by Gasteiger charge is -2.13. The van der Waals surface area contributed by atoms with Crippen molar-refractivity contribution in [1.29, 1.82) is 0 Å². The summed E-state index contributed by atoms with van der Waals surface area (Å²) in [6, 6.07) is 4.13. The fraction of sp³-hybridized carbons (Fsp3) is 0.444. The normalized spacial score (nSPS) is 14.4. The number of hydrogen-bond acceptors (Lipinski definition) is 4. The second-order valence-corrected chi connectivity index (χ2v) is 6.18. The van der Waals surface area contributed by atoms with Crippen LogP contribution in [0.2, 0.25) is 0 Å². The Kier molecular flexibility index (Phi) is 5.90. The molecule has 0 aromatic heterocycles. The second-order valence-electron chi connectivity index (χ2n) is 6.18. The molecule has 1 heterocycles. The highest BCUT2D eigenvalue weighted by atomic mass is 16.4. The molecule has 0 saturated heterocycles. The largest absolute Gasteiger partial charge is 0.481 e. The van der Waals surface area contributed by atoms with Crippen molar-refractivity contribution in [2.45, 2.75) is 45.6 Å². The van der Waals surface area contributed by atoms with Crippen LogP contribution in [0.4, 0.5) is 0 Å². The van der Waals surface area contributed by atoms with E-state index in [4.69, 9.17) is 5.11 Å². The van der Waals surface area contributed by atoms with E-state index < -0.39 is 11.9 Å². The van der Waals surface area contributed by atoms with Gasteiger partial charge in [0.2, 0.25) is 0 Å². The molecule has 2 N–H and O–H groups in total. The Balaban J connectivity index is 2.10. The quantitative estimate of drug-likeness (QED) is 0.701.